The van der Waals surface area contributed by atoms with E-state index in [2.05, 4.69) is 36.4 Å². The number of carbonyl (C=O) groups is 1. The third-order valence-electron chi connectivity index (χ3n) is 3.61. The van der Waals surface area contributed by atoms with Crippen molar-refractivity contribution in [3.05, 3.63) is 4.60 Å². The number of amides is 1. The summed E-state index contributed by atoms with van der Waals surface area (Å²) in [6, 6.07) is 0. The van der Waals surface area contributed by atoms with Crippen molar-refractivity contribution in [3.63, 3.8) is 0 Å². The summed E-state index contributed by atoms with van der Waals surface area (Å²) in [6.07, 6.45) is 1.12. The maximum atomic E-state index is 12.0. The number of piperidine rings is 1. The van der Waals surface area contributed by atoms with Crippen molar-refractivity contribution in [1.29, 1.82) is 0 Å². The maximum absolute atomic E-state index is 12.0. The summed E-state index contributed by atoms with van der Waals surface area (Å²) in [5, 5.41) is 10.9. The molecular weight excluding hydrogens is 388 g/mol. The van der Waals surface area contributed by atoms with Gasteiger partial charge in [-0.1, -0.05) is 13.8 Å². The van der Waals surface area contributed by atoms with Crippen LogP contribution in [0.2, 0.25) is 0 Å². The molecule has 142 valence electrons. The van der Waals surface area contributed by atoms with Gasteiger partial charge in [-0.3, -0.25) is 0 Å². The van der Waals surface area contributed by atoms with E-state index in [0.29, 0.717) is 29.5 Å². The number of rotatable bonds is 2. The quantitative estimate of drug-likeness (QED) is 0.762. The standard InChI is InChI=1S/C14H23BrN6O2.C2H6/c1-13(2,3)23-12(22)18-14(4)5-7-21(8-6-14)11-17-10(16)9(15)19-20-11;1-2/h5-8H2,1-4H3,(H,18,22)(H2,16,17,20);1-2H3. The van der Waals surface area contributed by atoms with E-state index in [9.17, 15) is 4.79 Å². The summed E-state index contributed by atoms with van der Waals surface area (Å²) >= 11 is 3.18. The van der Waals surface area contributed by atoms with E-state index in [-0.39, 0.29) is 11.6 Å². The van der Waals surface area contributed by atoms with E-state index in [1.54, 1.807) is 0 Å². The molecule has 0 bridgehead atoms. The number of nitrogens with zero attached hydrogens (tertiary/aromatic N) is 4. The third kappa shape index (κ3) is 6.64. The molecule has 0 unspecified atom stereocenters. The number of nitrogens with two attached hydrogens (primary N) is 1. The number of carbonyl (C=O) groups excluding carboxylic acids is 1. The van der Waals surface area contributed by atoms with Crippen LogP contribution < -0.4 is 16.0 Å². The van der Waals surface area contributed by atoms with Gasteiger partial charge in [0.1, 0.15) is 5.60 Å². The number of alkyl carbamates (subject to hydrolysis) is 1. The smallest absolute Gasteiger partial charge is 0.408 e. The van der Waals surface area contributed by atoms with Crippen LogP contribution in [0.5, 0.6) is 0 Å². The van der Waals surface area contributed by atoms with Crippen LogP contribution in [0.25, 0.3) is 0 Å². The second-order valence-corrected chi connectivity index (χ2v) is 7.71. The molecule has 0 spiro atoms. The Morgan fingerprint density at radius 2 is 1.84 bits per heavy atom. The van der Waals surface area contributed by atoms with E-state index < -0.39 is 5.60 Å². The zero-order chi connectivity index (χ0) is 19.3. The molecule has 1 amide bonds. The molecule has 1 aromatic heterocycles. The first kappa shape index (κ1) is 21.4. The number of ether oxygens (including phenoxy) is 1. The molecule has 0 aromatic carbocycles. The highest BCUT2D eigenvalue weighted by Gasteiger charge is 2.34. The van der Waals surface area contributed by atoms with Crippen LogP contribution in [0.4, 0.5) is 16.6 Å². The number of hydrogen-bond acceptors (Lipinski definition) is 7. The number of hydrogen-bond donors (Lipinski definition) is 2. The van der Waals surface area contributed by atoms with Crippen molar-refractivity contribution in [3.8, 4) is 0 Å². The Labute approximate surface area is 158 Å². The molecule has 1 fully saturated rings. The summed E-state index contributed by atoms with van der Waals surface area (Å²) in [7, 11) is 0. The molecular formula is C16H29BrN6O2. The van der Waals surface area contributed by atoms with Crippen molar-refractivity contribution in [2.24, 2.45) is 0 Å². The Balaban J connectivity index is 0.00000151. The van der Waals surface area contributed by atoms with Gasteiger partial charge in [-0.2, -0.15) is 4.98 Å². The minimum absolute atomic E-state index is 0.312. The van der Waals surface area contributed by atoms with Gasteiger partial charge in [0.15, 0.2) is 10.4 Å². The number of anilines is 2. The molecule has 25 heavy (non-hydrogen) atoms. The Hall–Kier alpha value is -1.64. The Kier molecular flexibility index (Phi) is 7.40. The Morgan fingerprint density at radius 1 is 1.28 bits per heavy atom. The lowest BCUT2D eigenvalue weighted by Gasteiger charge is -2.39. The zero-order valence-electron chi connectivity index (χ0n) is 15.9. The van der Waals surface area contributed by atoms with Gasteiger partial charge < -0.3 is 20.7 Å². The molecule has 1 saturated heterocycles. The summed E-state index contributed by atoms with van der Waals surface area (Å²) < 4.78 is 5.77. The van der Waals surface area contributed by atoms with Crippen molar-refractivity contribution in [2.75, 3.05) is 23.7 Å². The topological polar surface area (TPSA) is 106 Å². The predicted octanol–water partition coefficient (Wildman–Crippen LogP) is 3.13. The van der Waals surface area contributed by atoms with E-state index in [1.807, 2.05) is 46.4 Å². The van der Waals surface area contributed by atoms with Crippen molar-refractivity contribution in [2.45, 2.75) is 65.5 Å². The van der Waals surface area contributed by atoms with Crippen LogP contribution in [0.3, 0.4) is 0 Å². The number of nitrogens with one attached hydrogen (secondary N) is 1. The molecule has 1 aromatic rings. The van der Waals surface area contributed by atoms with E-state index in [4.69, 9.17) is 10.5 Å². The third-order valence-corrected chi connectivity index (χ3v) is 4.18. The fraction of sp³-hybridized carbons (Fsp3) is 0.750. The van der Waals surface area contributed by atoms with Gasteiger partial charge in [-0.15, -0.1) is 10.2 Å². The number of halogens is 1. The van der Waals surface area contributed by atoms with E-state index >= 15 is 0 Å². The van der Waals surface area contributed by atoms with Gasteiger partial charge in [0.2, 0.25) is 5.95 Å². The van der Waals surface area contributed by atoms with Gasteiger partial charge in [-0.25, -0.2) is 4.79 Å². The van der Waals surface area contributed by atoms with E-state index in [0.717, 1.165) is 12.8 Å². The highest BCUT2D eigenvalue weighted by atomic mass is 79.9. The van der Waals surface area contributed by atoms with Crippen LogP contribution in [-0.4, -0.2) is 45.5 Å². The number of nitrogen functional groups attached to an aromatic ring is 1. The van der Waals surface area contributed by atoms with Crippen molar-refractivity contribution in [1.82, 2.24) is 20.5 Å². The van der Waals surface area contributed by atoms with Crippen LogP contribution in [0, 0.1) is 0 Å². The second-order valence-electron chi connectivity index (χ2n) is 6.96. The molecule has 8 nitrogen and oxygen atoms in total. The molecule has 0 radical (unpaired) electrons. The summed E-state index contributed by atoms with van der Waals surface area (Å²) in [5.41, 5.74) is 4.93. The monoisotopic (exact) mass is 416 g/mol. The molecule has 0 aliphatic carbocycles. The number of aromatic nitrogens is 3. The van der Waals surface area contributed by atoms with Gasteiger partial charge in [0, 0.05) is 18.6 Å². The van der Waals surface area contributed by atoms with Crippen molar-refractivity contribution < 1.29 is 9.53 Å². The highest BCUT2D eigenvalue weighted by molar-refractivity contribution is 9.10. The summed E-state index contributed by atoms with van der Waals surface area (Å²) in [4.78, 5) is 18.2. The molecule has 0 atom stereocenters. The van der Waals surface area contributed by atoms with Gasteiger partial charge >= 0.3 is 6.09 Å². The first-order valence-electron chi connectivity index (χ1n) is 8.50. The van der Waals surface area contributed by atoms with Crippen LogP contribution in [0.15, 0.2) is 4.60 Å². The maximum Gasteiger partial charge on any atom is 0.408 e. The fourth-order valence-electron chi connectivity index (χ4n) is 2.33. The van der Waals surface area contributed by atoms with Crippen LogP contribution in [-0.2, 0) is 4.74 Å². The van der Waals surface area contributed by atoms with Crippen LogP contribution >= 0.6 is 15.9 Å². The summed E-state index contributed by atoms with van der Waals surface area (Å²) in [6.45, 7) is 13.0. The fourth-order valence-corrected chi connectivity index (χ4v) is 2.49. The van der Waals surface area contributed by atoms with Gasteiger partial charge in [0.05, 0.1) is 0 Å². The largest absolute Gasteiger partial charge is 0.444 e. The molecule has 9 heteroatoms. The molecule has 2 heterocycles. The normalized spacial score (nSPS) is 16.5. The van der Waals surface area contributed by atoms with E-state index in [1.165, 1.54) is 0 Å². The average molecular weight is 417 g/mol. The Bertz CT molecular complexity index is 582. The Morgan fingerprint density at radius 3 is 2.32 bits per heavy atom. The lowest BCUT2D eigenvalue weighted by Crippen LogP contribution is -2.54. The predicted molar refractivity (Wildman–Crippen MR) is 103 cm³/mol. The summed E-state index contributed by atoms with van der Waals surface area (Å²) in [5.74, 6) is 0.820. The molecule has 2 rings (SSSR count). The van der Waals surface area contributed by atoms with Crippen molar-refractivity contribution >= 4 is 33.8 Å². The minimum atomic E-state index is -0.504. The van der Waals surface area contributed by atoms with Gasteiger partial charge in [0.25, 0.3) is 0 Å². The lowest BCUT2D eigenvalue weighted by molar-refractivity contribution is 0.0448. The minimum Gasteiger partial charge on any atom is -0.444 e. The first-order chi connectivity index (χ1) is 11.6. The second kappa shape index (κ2) is 8.64. The average Bonchev–Trinajstić information content (AvgIpc) is 2.50. The zero-order valence-corrected chi connectivity index (χ0v) is 17.5. The SMILES string of the molecule is CC.CC1(NC(=O)OC(C)(C)C)CCN(c2nnc(Br)c(N)n2)CC1. The molecule has 1 aliphatic heterocycles. The first-order valence-corrected chi connectivity index (χ1v) is 9.29. The molecule has 0 saturated carbocycles. The highest BCUT2D eigenvalue weighted by Crippen LogP contribution is 2.25. The van der Waals surface area contributed by atoms with Gasteiger partial charge in [-0.05, 0) is 56.5 Å². The lowest BCUT2D eigenvalue weighted by atomic mass is 9.90. The molecule has 3 N–H and O–H groups in total. The van der Waals surface area contributed by atoms with Crippen LogP contribution in [0.1, 0.15) is 54.4 Å². The molecule has 1 aliphatic rings.